The highest BCUT2D eigenvalue weighted by molar-refractivity contribution is 5.76. The molecule has 3 rings (SSSR count). The zero-order valence-corrected chi connectivity index (χ0v) is 15.9. The van der Waals surface area contributed by atoms with Gasteiger partial charge in [0.15, 0.2) is 0 Å². The fourth-order valence-electron chi connectivity index (χ4n) is 3.08. The number of aryl methyl sites for hydroxylation is 1. The van der Waals surface area contributed by atoms with E-state index in [1.54, 1.807) is 0 Å². The summed E-state index contributed by atoms with van der Waals surface area (Å²) in [7, 11) is 0. The first-order valence-corrected chi connectivity index (χ1v) is 9.66. The van der Waals surface area contributed by atoms with E-state index in [4.69, 9.17) is 9.72 Å². The van der Waals surface area contributed by atoms with Gasteiger partial charge in [-0.25, -0.2) is 4.98 Å². The van der Waals surface area contributed by atoms with Gasteiger partial charge in [-0.1, -0.05) is 37.3 Å². The van der Waals surface area contributed by atoms with Gasteiger partial charge in [0.2, 0.25) is 5.91 Å². The smallest absolute Gasteiger partial charge is 0.219 e. The molecule has 142 valence electrons. The highest BCUT2D eigenvalue weighted by Crippen LogP contribution is 2.17. The van der Waals surface area contributed by atoms with Gasteiger partial charge in [0.05, 0.1) is 17.6 Å². The fraction of sp³-hybridized carbons (Fsp3) is 0.364. The third-order valence-electron chi connectivity index (χ3n) is 4.51. The van der Waals surface area contributed by atoms with Crippen LogP contribution in [-0.4, -0.2) is 28.6 Å². The van der Waals surface area contributed by atoms with Crippen molar-refractivity contribution in [3.63, 3.8) is 0 Å². The van der Waals surface area contributed by atoms with E-state index in [2.05, 4.69) is 16.0 Å². The molecule has 0 fully saturated rings. The van der Waals surface area contributed by atoms with Crippen molar-refractivity contribution in [3.8, 4) is 5.75 Å². The predicted octanol–water partition coefficient (Wildman–Crippen LogP) is 3.96. The summed E-state index contributed by atoms with van der Waals surface area (Å²) in [6.45, 7) is 4.09. The molecule has 1 amide bonds. The number of rotatable bonds is 10. The van der Waals surface area contributed by atoms with Crippen LogP contribution in [0.3, 0.4) is 0 Å². The van der Waals surface area contributed by atoms with E-state index >= 15 is 0 Å². The Hall–Kier alpha value is -2.82. The second-order valence-corrected chi connectivity index (χ2v) is 6.49. The van der Waals surface area contributed by atoms with E-state index in [0.717, 1.165) is 48.4 Å². The molecule has 0 aliphatic carbocycles. The minimum Gasteiger partial charge on any atom is -0.494 e. The summed E-state index contributed by atoms with van der Waals surface area (Å²) in [4.78, 5) is 16.2. The number of benzene rings is 2. The number of ether oxygens (including phenoxy) is 1. The van der Waals surface area contributed by atoms with Crippen LogP contribution in [0.2, 0.25) is 0 Å². The Kier molecular flexibility index (Phi) is 6.85. The topological polar surface area (TPSA) is 56.2 Å². The van der Waals surface area contributed by atoms with E-state index in [9.17, 15) is 4.79 Å². The molecule has 0 saturated carbocycles. The first kappa shape index (κ1) is 19.0. The minimum absolute atomic E-state index is 0.0794. The Morgan fingerprint density at radius 2 is 1.85 bits per heavy atom. The number of unbranched alkanes of at least 4 members (excludes halogenated alkanes) is 1. The van der Waals surface area contributed by atoms with Gasteiger partial charge in [-0.2, -0.15) is 0 Å². The average molecular weight is 365 g/mol. The molecule has 5 heteroatoms. The van der Waals surface area contributed by atoms with Gasteiger partial charge >= 0.3 is 0 Å². The lowest BCUT2D eigenvalue weighted by atomic mass is 10.3. The van der Waals surface area contributed by atoms with Gasteiger partial charge in [0.1, 0.15) is 11.6 Å². The maximum absolute atomic E-state index is 11.5. The highest BCUT2D eigenvalue weighted by atomic mass is 16.5. The molecular formula is C22H27N3O2. The first-order chi connectivity index (χ1) is 13.3. The molecule has 3 aromatic rings. The molecule has 0 spiro atoms. The van der Waals surface area contributed by atoms with E-state index in [-0.39, 0.29) is 5.91 Å². The predicted molar refractivity (Wildman–Crippen MR) is 108 cm³/mol. The Bertz CT molecular complexity index is 858. The third-order valence-corrected chi connectivity index (χ3v) is 4.51. The van der Waals surface area contributed by atoms with Crippen LogP contribution in [0, 0.1) is 0 Å². The van der Waals surface area contributed by atoms with Crippen molar-refractivity contribution in [1.29, 1.82) is 0 Å². The quantitative estimate of drug-likeness (QED) is 0.553. The summed E-state index contributed by atoms with van der Waals surface area (Å²) in [6, 6.07) is 18.1. The monoisotopic (exact) mass is 365 g/mol. The van der Waals surface area contributed by atoms with Gasteiger partial charge < -0.3 is 14.6 Å². The number of amides is 1. The van der Waals surface area contributed by atoms with Crippen molar-refractivity contribution in [2.24, 2.45) is 0 Å². The number of hydrogen-bond donors (Lipinski definition) is 1. The number of nitrogens with zero attached hydrogens (tertiary/aromatic N) is 2. The molecular weight excluding hydrogens is 338 g/mol. The van der Waals surface area contributed by atoms with E-state index in [1.165, 1.54) is 0 Å². The number of fused-ring (bicyclic) bond motifs is 1. The first-order valence-electron chi connectivity index (χ1n) is 9.66. The highest BCUT2D eigenvalue weighted by Gasteiger charge is 2.10. The lowest BCUT2D eigenvalue weighted by Gasteiger charge is -2.10. The Morgan fingerprint density at radius 1 is 1.07 bits per heavy atom. The van der Waals surface area contributed by atoms with Crippen LogP contribution in [0.1, 0.15) is 32.0 Å². The van der Waals surface area contributed by atoms with Crippen molar-refractivity contribution in [3.05, 3.63) is 60.4 Å². The second-order valence-electron chi connectivity index (χ2n) is 6.49. The van der Waals surface area contributed by atoms with Crippen molar-refractivity contribution in [1.82, 2.24) is 14.9 Å². The van der Waals surface area contributed by atoms with Gasteiger partial charge in [-0.05, 0) is 37.1 Å². The number of carbonyl (C=O) groups is 1. The van der Waals surface area contributed by atoms with Crippen molar-refractivity contribution < 1.29 is 9.53 Å². The second kappa shape index (κ2) is 9.76. The Morgan fingerprint density at radius 3 is 2.67 bits per heavy atom. The standard InChI is InChI=1S/C22H27N3O2/c1-2-22(26)23-15-14-21-24-19-12-6-7-13-20(19)25(21)16-8-9-17-27-18-10-4-3-5-11-18/h3-7,10-13H,2,8-9,14-17H2,1H3,(H,23,26). The van der Waals surface area contributed by atoms with Crippen molar-refractivity contribution in [2.75, 3.05) is 13.2 Å². The summed E-state index contributed by atoms with van der Waals surface area (Å²) >= 11 is 0. The van der Waals surface area contributed by atoms with Crippen LogP contribution < -0.4 is 10.1 Å². The van der Waals surface area contributed by atoms with Crippen LogP contribution in [0.5, 0.6) is 5.75 Å². The summed E-state index contributed by atoms with van der Waals surface area (Å²) in [5.41, 5.74) is 2.16. The molecule has 0 bridgehead atoms. The zero-order valence-electron chi connectivity index (χ0n) is 15.9. The number of para-hydroxylation sites is 3. The normalized spacial score (nSPS) is 10.9. The van der Waals surface area contributed by atoms with Crippen LogP contribution in [0.4, 0.5) is 0 Å². The number of nitrogens with one attached hydrogen (secondary N) is 1. The van der Waals surface area contributed by atoms with E-state index < -0.39 is 0 Å². The lowest BCUT2D eigenvalue weighted by molar-refractivity contribution is -0.120. The van der Waals surface area contributed by atoms with Gasteiger partial charge in [-0.3, -0.25) is 4.79 Å². The molecule has 0 radical (unpaired) electrons. The lowest BCUT2D eigenvalue weighted by Crippen LogP contribution is -2.25. The van der Waals surface area contributed by atoms with Crippen LogP contribution >= 0.6 is 0 Å². The summed E-state index contributed by atoms with van der Waals surface area (Å²) in [5, 5.41) is 2.93. The molecule has 2 aromatic carbocycles. The molecule has 1 heterocycles. The maximum Gasteiger partial charge on any atom is 0.219 e. The number of carbonyl (C=O) groups excluding carboxylic acids is 1. The van der Waals surface area contributed by atoms with Gasteiger partial charge in [0.25, 0.3) is 0 Å². The van der Waals surface area contributed by atoms with Crippen molar-refractivity contribution in [2.45, 2.75) is 39.2 Å². The van der Waals surface area contributed by atoms with Crippen LogP contribution in [0.15, 0.2) is 54.6 Å². The van der Waals surface area contributed by atoms with Gasteiger partial charge in [-0.15, -0.1) is 0 Å². The Balaban J connectivity index is 1.56. The molecule has 0 aliphatic heterocycles. The minimum atomic E-state index is 0.0794. The zero-order chi connectivity index (χ0) is 18.9. The summed E-state index contributed by atoms with van der Waals surface area (Å²) < 4.78 is 8.05. The largest absolute Gasteiger partial charge is 0.494 e. The van der Waals surface area contributed by atoms with Crippen LogP contribution in [-0.2, 0) is 17.8 Å². The molecule has 0 saturated heterocycles. The van der Waals surface area contributed by atoms with E-state index in [0.29, 0.717) is 19.6 Å². The van der Waals surface area contributed by atoms with Crippen molar-refractivity contribution >= 4 is 16.9 Å². The summed E-state index contributed by atoms with van der Waals surface area (Å²) in [6.07, 6.45) is 3.24. The Labute approximate surface area is 160 Å². The van der Waals surface area contributed by atoms with E-state index in [1.807, 2.05) is 55.5 Å². The number of hydrogen-bond acceptors (Lipinski definition) is 3. The molecule has 0 aliphatic rings. The molecule has 1 N–H and O–H groups in total. The number of aromatic nitrogens is 2. The number of imidazole rings is 1. The molecule has 0 atom stereocenters. The average Bonchev–Trinajstić information content (AvgIpc) is 3.06. The molecule has 0 unspecified atom stereocenters. The molecule has 1 aromatic heterocycles. The fourth-order valence-corrected chi connectivity index (χ4v) is 3.08. The third kappa shape index (κ3) is 5.33. The molecule has 5 nitrogen and oxygen atoms in total. The van der Waals surface area contributed by atoms with Gasteiger partial charge in [0, 0.05) is 25.9 Å². The molecule has 27 heavy (non-hydrogen) atoms. The summed E-state index contributed by atoms with van der Waals surface area (Å²) in [5.74, 6) is 2.02. The van der Waals surface area contributed by atoms with Crippen LogP contribution in [0.25, 0.3) is 11.0 Å². The SMILES string of the molecule is CCC(=O)NCCc1nc2ccccc2n1CCCCOc1ccccc1. The maximum atomic E-state index is 11.5.